The molecule has 80 valence electrons. The first kappa shape index (κ1) is 13.0. The van der Waals surface area contributed by atoms with Crippen LogP contribution in [0.5, 0.6) is 0 Å². The van der Waals surface area contributed by atoms with Crippen molar-refractivity contribution >= 4 is 5.97 Å². The molecule has 14 heavy (non-hydrogen) atoms. The molecule has 0 aliphatic carbocycles. The van der Waals surface area contributed by atoms with Gasteiger partial charge in [0.15, 0.2) is 0 Å². The van der Waals surface area contributed by atoms with Crippen LogP contribution in [0.2, 0.25) is 0 Å². The van der Waals surface area contributed by atoms with E-state index in [-0.39, 0.29) is 12.1 Å². The third kappa shape index (κ3) is 9.08. The first-order valence-corrected chi connectivity index (χ1v) is 4.87. The first-order valence-electron chi connectivity index (χ1n) is 4.87. The number of rotatable bonds is 5. The second-order valence-corrected chi connectivity index (χ2v) is 3.17. The second-order valence-electron chi connectivity index (χ2n) is 3.17. The van der Waals surface area contributed by atoms with Crippen LogP contribution in [0.25, 0.3) is 0 Å². The number of esters is 1. The van der Waals surface area contributed by atoms with Crippen molar-refractivity contribution in [3.63, 3.8) is 0 Å². The van der Waals surface area contributed by atoms with Crippen LogP contribution in [0.3, 0.4) is 0 Å². The summed E-state index contributed by atoms with van der Waals surface area (Å²) in [6.45, 7) is 1.77. The fraction of sp³-hybridized carbons (Fsp3) is 0.727. The maximum atomic E-state index is 10.7. The molecular formula is C11H18O3. The molecule has 0 heterocycles. The van der Waals surface area contributed by atoms with Crippen LogP contribution in [0.1, 0.15) is 39.0 Å². The number of hydrogen-bond donors (Lipinski definition) is 1. The fourth-order valence-corrected chi connectivity index (χ4v) is 0.929. The molecule has 1 N–H and O–H groups in total. The minimum absolute atomic E-state index is 0.219. The molecular weight excluding hydrogens is 180 g/mol. The summed E-state index contributed by atoms with van der Waals surface area (Å²) >= 11 is 0. The van der Waals surface area contributed by atoms with Gasteiger partial charge in [-0.2, -0.15) is 0 Å². The number of aliphatic hydroxyl groups excluding tert-OH is 1. The van der Waals surface area contributed by atoms with E-state index < -0.39 is 0 Å². The molecule has 3 nitrogen and oxygen atoms in total. The zero-order chi connectivity index (χ0) is 10.8. The molecule has 0 aliphatic rings. The van der Waals surface area contributed by atoms with E-state index in [1.165, 1.54) is 7.11 Å². The van der Waals surface area contributed by atoms with Crippen molar-refractivity contribution in [3.8, 4) is 11.8 Å². The van der Waals surface area contributed by atoms with Crippen molar-refractivity contribution in [1.82, 2.24) is 0 Å². The van der Waals surface area contributed by atoms with Gasteiger partial charge < -0.3 is 9.84 Å². The van der Waals surface area contributed by atoms with E-state index in [9.17, 15) is 4.79 Å². The Balaban J connectivity index is 3.31. The van der Waals surface area contributed by atoms with Crippen molar-refractivity contribution in [3.05, 3.63) is 0 Å². The van der Waals surface area contributed by atoms with E-state index in [2.05, 4.69) is 16.6 Å². The van der Waals surface area contributed by atoms with Crippen LogP contribution in [0.4, 0.5) is 0 Å². The van der Waals surface area contributed by atoms with E-state index in [4.69, 9.17) is 5.11 Å². The zero-order valence-electron chi connectivity index (χ0n) is 8.88. The predicted molar refractivity (Wildman–Crippen MR) is 54.6 cm³/mol. The molecule has 0 radical (unpaired) electrons. The summed E-state index contributed by atoms with van der Waals surface area (Å²) in [5.41, 5.74) is 0. The van der Waals surface area contributed by atoms with Gasteiger partial charge in [0.1, 0.15) is 0 Å². The lowest BCUT2D eigenvalue weighted by Gasteiger charge is -1.98. The molecule has 0 amide bonds. The minimum Gasteiger partial charge on any atom is -0.469 e. The molecule has 0 fully saturated rings. The zero-order valence-corrected chi connectivity index (χ0v) is 8.88. The molecule has 0 saturated carbocycles. The molecule has 0 aromatic rings. The van der Waals surface area contributed by atoms with Crippen LogP contribution < -0.4 is 0 Å². The van der Waals surface area contributed by atoms with E-state index in [1.54, 1.807) is 6.92 Å². The van der Waals surface area contributed by atoms with E-state index in [0.29, 0.717) is 12.8 Å². The van der Waals surface area contributed by atoms with E-state index in [1.807, 2.05) is 0 Å². The number of aliphatic hydroxyl groups is 1. The average molecular weight is 198 g/mol. The van der Waals surface area contributed by atoms with Gasteiger partial charge in [0.25, 0.3) is 0 Å². The van der Waals surface area contributed by atoms with Gasteiger partial charge in [0.2, 0.25) is 0 Å². The topological polar surface area (TPSA) is 46.5 Å². The maximum Gasteiger partial charge on any atom is 0.306 e. The number of hydrogen-bond acceptors (Lipinski definition) is 3. The molecule has 0 aromatic heterocycles. The van der Waals surface area contributed by atoms with Crippen LogP contribution >= 0.6 is 0 Å². The molecule has 0 rings (SSSR count). The second kappa shape index (κ2) is 8.58. The standard InChI is InChI=1S/C11H18O3/c1-10(12)8-6-4-3-5-7-9-11(13)14-2/h10,12H,4,6-9H2,1-2H3. The van der Waals surface area contributed by atoms with E-state index in [0.717, 1.165) is 19.3 Å². The number of methoxy groups -OCH3 is 1. The summed E-state index contributed by atoms with van der Waals surface area (Å²) in [6, 6.07) is 0. The Morgan fingerprint density at radius 2 is 2.07 bits per heavy atom. The highest BCUT2D eigenvalue weighted by Crippen LogP contribution is 1.98. The summed E-state index contributed by atoms with van der Waals surface area (Å²) in [4.78, 5) is 10.7. The molecule has 0 saturated heterocycles. The molecule has 3 heteroatoms. The normalized spacial score (nSPS) is 11.4. The fourth-order valence-electron chi connectivity index (χ4n) is 0.929. The smallest absolute Gasteiger partial charge is 0.306 e. The van der Waals surface area contributed by atoms with Crippen molar-refractivity contribution in [2.24, 2.45) is 0 Å². The summed E-state index contributed by atoms with van der Waals surface area (Å²) < 4.78 is 4.47. The Kier molecular flexibility index (Phi) is 7.96. The lowest BCUT2D eigenvalue weighted by atomic mass is 10.2. The van der Waals surface area contributed by atoms with E-state index >= 15 is 0 Å². The van der Waals surface area contributed by atoms with Gasteiger partial charge in [-0.1, -0.05) is 0 Å². The minimum atomic E-state index is -0.244. The summed E-state index contributed by atoms with van der Waals surface area (Å²) in [5.74, 6) is 5.62. The monoisotopic (exact) mass is 198 g/mol. The Morgan fingerprint density at radius 1 is 1.43 bits per heavy atom. The maximum absolute atomic E-state index is 10.7. The molecule has 0 aliphatic heterocycles. The summed E-state index contributed by atoms with van der Waals surface area (Å²) in [7, 11) is 1.37. The highest BCUT2D eigenvalue weighted by Gasteiger charge is 1.95. The third-order valence-electron chi connectivity index (χ3n) is 1.73. The quantitative estimate of drug-likeness (QED) is 0.413. The third-order valence-corrected chi connectivity index (χ3v) is 1.73. The van der Waals surface area contributed by atoms with Gasteiger partial charge in [-0.25, -0.2) is 0 Å². The van der Waals surface area contributed by atoms with Crippen molar-refractivity contribution in [2.45, 2.75) is 45.1 Å². The predicted octanol–water partition coefficient (Wildman–Crippen LogP) is 1.49. The van der Waals surface area contributed by atoms with Crippen molar-refractivity contribution < 1.29 is 14.6 Å². The van der Waals surface area contributed by atoms with Crippen LogP contribution in [0, 0.1) is 11.8 Å². The summed E-state index contributed by atoms with van der Waals surface area (Å²) in [5, 5.41) is 8.95. The largest absolute Gasteiger partial charge is 0.469 e. The Hall–Kier alpha value is -1.01. The first-order chi connectivity index (χ1) is 6.66. The Labute approximate surface area is 85.5 Å². The lowest BCUT2D eigenvalue weighted by molar-refractivity contribution is -0.140. The van der Waals surface area contributed by atoms with Crippen LogP contribution in [0.15, 0.2) is 0 Å². The lowest BCUT2D eigenvalue weighted by Crippen LogP contribution is -1.98. The molecule has 1 unspecified atom stereocenters. The molecule has 1 atom stereocenters. The highest BCUT2D eigenvalue weighted by molar-refractivity contribution is 5.69. The molecule has 0 aromatic carbocycles. The van der Waals surface area contributed by atoms with Gasteiger partial charge in [-0.3, -0.25) is 4.79 Å². The Morgan fingerprint density at radius 3 is 2.64 bits per heavy atom. The van der Waals surface area contributed by atoms with Gasteiger partial charge >= 0.3 is 5.97 Å². The van der Waals surface area contributed by atoms with Crippen LogP contribution in [-0.4, -0.2) is 24.3 Å². The Bertz CT molecular complexity index is 210. The van der Waals surface area contributed by atoms with Crippen molar-refractivity contribution in [1.29, 1.82) is 0 Å². The van der Waals surface area contributed by atoms with Gasteiger partial charge in [0, 0.05) is 12.8 Å². The SMILES string of the molecule is COC(=O)CCC#CCCCC(C)O. The van der Waals surface area contributed by atoms with Gasteiger partial charge in [0.05, 0.1) is 19.6 Å². The van der Waals surface area contributed by atoms with Gasteiger partial charge in [-0.15, -0.1) is 11.8 Å². The molecule has 0 bridgehead atoms. The summed E-state index contributed by atoms with van der Waals surface area (Å²) in [6.07, 6.45) is 3.15. The number of carbonyl (C=O) groups is 1. The number of unbranched alkanes of at least 4 members (excludes halogenated alkanes) is 1. The van der Waals surface area contributed by atoms with Gasteiger partial charge in [-0.05, 0) is 19.8 Å². The molecule has 0 spiro atoms. The number of ether oxygens (including phenoxy) is 1. The van der Waals surface area contributed by atoms with Crippen molar-refractivity contribution in [2.75, 3.05) is 7.11 Å². The number of carbonyl (C=O) groups excluding carboxylic acids is 1. The average Bonchev–Trinajstić information content (AvgIpc) is 2.15. The van der Waals surface area contributed by atoms with Crippen LogP contribution in [-0.2, 0) is 9.53 Å². The highest BCUT2D eigenvalue weighted by atomic mass is 16.5.